The number of hydrogen-bond donors (Lipinski definition) is 1. The van der Waals surface area contributed by atoms with Crippen LogP contribution in [0.1, 0.15) is 21.6 Å². The fraction of sp³-hybridized carbons (Fsp3) is 0.167. The van der Waals surface area contributed by atoms with Crippen molar-refractivity contribution in [2.24, 2.45) is 5.16 Å². The molecular formula is C12H8ClF3N4O3. The van der Waals surface area contributed by atoms with Crippen molar-refractivity contribution in [2.75, 3.05) is 12.4 Å². The smallest absolute Gasteiger partial charge is 0.399 e. The maximum absolute atomic E-state index is 12.9. The normalized spacial score (nSPS) is 11.7. The second-order valence-electron chi connectivity index (χ2n) is 4.00. The largest absolute Gasteiger partial charge is 0.417 e. The third-order valence-corrected chi connectivity index (χ3v) is 2.90. The Morgan fingerprint density at radius 3 is 2.91 bits per heavy atom. The number of pyridine rings is 1. The molecule has 0 saturated carbocycles. The van der Waals surface area contributed by atoms with E-state index in [1.54, 1.807) is 0 Å². The lowest BCUT2D eigenvalue weighted by molar-refractivity contribution is -0.138. The van der Waals surface area contributed by atoms with Crippen LogP contribution < -0.4 is 5.32 Å². The van der Waals surface area contributed by atoms with Crippen LogP contribution in [0.15, 0.2) is 28.1 Å². The molecule has 0 saturated heterocycles. The molecule has 2 rings (SSSR count). The Hall–Kier alpha value is -2.62. The summed E-state index contributed by atoms with van der Waals surface area (Å²) < 4.78 is 43.4. The second kappa shape index (κ2) is 6.65. The van der Waals surface area contributed by atoms with Crippen LogP contribution in [0, 0.1) is 0 Å². The highest BCUT2D eigenvalue weighted by molar-refractivity contribution is 6.35. The number of halogens is 4. The van der Waals surface area contributed by atoms with E-state index in [9.17, 15) is 18.0 Å². The highest BCUT2D eigenvalue weighted by atomic mass is 35.5. The van der Waals surface area contributed by atoms with E-state index in [1.807, 2.05) is 0 Å². The minimum absolute atomic E-state index is 0.0334. The zero-order valence-corrected chi connectivity index (χ0v) is 12.1. The summed E-state index contributed by atoms with van der Waals surface area (Å²) in [7, 11) is 1.29. The Bertz CT molecular complexity index is 745. The molecule has 0 aromatic carbocycles. The Morgan fingerprint density at radius 1 is 1.52 bits per heavy atom. The summed E-state index contributed by atoms with van der Waals surface area (Å²) in [6.45, 7) is 0. The lowest BCUT2D eigenvalue weighted by Gasteiger charge is -2.11. The van der Waals surface area contributed by atoms with E-state index in [2.05, 4.69) is 25.5 Å². The van der Waals surface area contributed by atoms with E-state index in [0.29, 0.717) is 6.07 Å². The molecule has 0 atom stereocenters. The molecule has 0 spiro atoms. The van der Waals surface area contributed by atoms with Crippen molar-refractivity contribution in [1.29, 1.82) is 0 Å². The van der Waals surface area contributed by atoms with Crippen LogP contribution in [0.2, 0.25) is 5.02 Å². The van der Waals surface area contributed by atoms with Crippen molar-refractivity contribution in [3.63, 3.8) is 0 Å². The van der Waals surface area contributed by atoms with E-state index in [4.69, 9.17) is 16.1 Å². The van der Waals surface area contributed by atoms with Crippen molar-refractivity contribution in [3.8, 4) is 0 Å². The van der Waals surface area contributed by atoms with Gasteiger partial charge in [0.05, 0.1) is 17.3 Å². The van der Waals surface area contributed by atoms with Gasteiger partial charge in [-0.3, -0.25) is 15.1 Å². The Kier molecular flexibility index (Phi) is 4.84. The Labute approximate surface area is 132 Å². The molecule has 11 heteroatoms. The zero-order valence-electron chi connectivity index (χ0n) is 11.4. The van der Waals surface area contributed by atoms with Gasteiger partial charge >= 0.3 is 6.18 Å². The molecule has 0 bridgehead atoms. The van der Waals surface area contributed by atoms with Crippen molar-refractivity contribution >= 4 is 29.6 Å². The van der Waals surface area contributed by atoms with Crippen LogP contribution in [0.4, 0.5) is 19.1 Å². The maximum Gasteiger partial charge on any atom is 0.417 e. The summed E-state index contributed by atoms with van der Waals surface area (Å²) in [6, 6.07) is 0.688. The lowest BCUT2D eigenvalue weighted by atomic mass is 10.1. The molecule has 1 N–H and O–H groups in total. The minimum atomic E-state index is -4.71. The van der Waals surface area contributed by atoms with E-state index >= 15 is 0 Å². The maximum atomic E-state index is 12.9. The summed E-state index contributed by atoms with van der Waals surface area (Å²) >= 11 is 5.87. The lowest BCUT2D eigenvalue weighted by Crippen LogP contribution is -2.19. The fourth-order valence-electron chi connectivity index (χ4n) is 1.54. The molecule has 0 aliphatic rings. The second-order valence-corrected chi connectivity index (χ2v) is 4.38. The Balaban J connectivity index is 2.27. The minimum Gasteiger partial charge on any atom is -0.399 e. The van der Waals surface area contributed by atoms with Gasteiger partial charge in [0.2, 0.25) is 0 Å². The molecule has 0 fully saturated rings. The number of alkyl halides is 3. The molecule has 0 radical (unpaired) electrons. The quantitative estimate of drug-likeness (QED) is 0.677. The number of carbonyl (C=O) groups excluding carboxylic acids is 1. The number of hydrogen-bond acceptors (Lipinski definition) is 6. The van der Waals surface area contributed by atoms with E-state index in [1.165, 1.54) is 7.11 Å². The molecule has 2 heterocycles. The van der Waals surface area contributed by atoms with Crippen molar-refractivity contribution in [3.05, 3.63) is 40.3 Å². The molecule has 0 aliphatic carbocycles. The van der Waals surface area contributed by atoms with Gasteiger partial charge in [-0.1, -0.05) is 21.9 Å². The van der Waals surface area contributed by atoms with Crippen LogP contribution in [-0.4, -0.2) is 29.4 Å². The topological polar surface area (TPSA) is 89.6 Å². The monoisotopic (exact) mass is 348 g/mol. The SMILES string of the molecule is CON=Cc1noc(NC(=O)c2cnccc2C(F)(F)F)c1Cl. The summed E-state index contributed by atoms with van der Waals surface area (Å²) in [5, 5.41) is 8.83. The molecule has 7 nitrogen and oxygen atoms in total. The first-order valence-corrected chi connectivity index (χ1v) is 6.26. The number of rotatable bonds is 4. The first-order chi connectivity index (χ1) is 10.8. The summed E-state index contributed by atoms with van der Waals surface area (Å²) in [5.74, 6) is -1.43. The molecule has 2 aromatic rings. The molecular weight excluding hydrogens is 341 g/mol. The molecule has 122 valence electrons. The molecule has 2 aromatic heterocycles. The number of oxime groups is 1. The van der Waals surface area contributed by atoms with Crippen molar-refractivity contribution < 1.29 is 27.3 Å². The highest BCUT2D eigenvalue weighted by Gasteiger charge is 2.35. The number of nitrogens with zero attached hydrogens (tertiary/aromatic N) is 3. The summed E-state index contributed by atoms with van der Waals surface area (Å²) in [6.07, 6.45) is -1.89. The van der Waals surface area contributed by atoms with Gasteiger partial charge in [-0.15, -0.1) is 0 Å². The van der Waals surface area contributed by atoms with Gasteiger partial charge in [-0.25, -0.2) is 0 Å². The summed E-state index contributed by atoms with van der Waals surface area (Å²) in [5.41, 5.74) is -1.78. The predicted octanol–water partition coefficient (Wildman–Crippen LogP) is 2.97. The van der Waals surface area contributed by atoms with E-state index in [0.717, 1.165) is 18.6 Å². The molecule has 23 heavy (non-hydrogen) atoms. The van der Waals surface area contributed by atoms with Gasteiger partial charge in [0.15, 0.2) is 0 Å². The van der Waals surface area contributed by atoms with Crippen LogP contribution in [0.5, 0.6) is 0 Å². The van der Waals surface area contributed by atoms with Crippen molar-refractivity contribution in [2.45, 2.75) is 6.18 Å². The average molecular weight is 349 g/mol. The van der Waals surface area contributed by atoms with Crippen LogP contribution in [0.3, 0.4) is 0 Å². The fourth-order valence-corrected chi connectivity index (χ4v) is 1.71. The van der Waals surface area contributed by atoms with E-state index < -0.39 is 23.2 Å². The molecule has 0 aliphatic heterocycles. The number of anilines is 1. The highest BCUT2D eigenvalue weighted by Crippen LogP contribution is 2.32. The predicted molar refractivity (Wildman–Crippen MR) is 73.3 cm³/mol. The van der Waals surface area contributed by atoms with Crippen LogP contribution in [0.25, 0.3) is 0 Å². The standard InChI is InChI=1S/C12H8ClF3N4O3/c1-22-18-5-8-9(13)11(23-20-8)19-10(21)6-4-17-3-2-7(6)12(14,15)16/h2-5H,1H3,(H,19,21). The third-order valence-electron chi connectivity index (χ3n) is 2.54. The van der Waals surface area contributed by atoms with Gasteiger partial charge < -0.3 is 9.36 Å². The van der Waals surface area contributed by atoms with Crippen LogP contribution in [-0.2, 0) is 11.0 Å². The molecule has 0 unspecified atom stereocenters. The number of aromatic nitrogens is 2. The van der Waals surface area contributed by atoms with E-state index in [-0.39, 0.29) is 16.6 Å². The number of amides is 1. The Morgan fingerprint density at radius 2 is 2.26 bits per heavy atom. The van der Waals surface area contributed by atoms with Gasteiger partial charge in [0.1, 0.15) is 17.8 Å². The van der Waals surface area contributed by atoms with Crippen LogP contribution >= 0.6 is 11.6 Å². The van der Waals surface area contributed by atoms with Gasteiger partial charge in [0.25, 0.3) is 11.8 Å². The third kappa shape index (κ3) is 3.77. The molecule has 1 amide bonds. The van der Waals surface area contributed by atoms with Gasteiger partial charge in [0, 0.05) is 12.4 Å². The summed E-state index contributed by atoms with van der Waals surface area (Å²) in [4.78, 5) is 19.9. The number of carbonyl (C=O) groups is 1. The van der Waals surface area contributed by atoms with Gasteiger partial charge in [-0.05, 0) is 6.07 Å². The number of nitrogens with one attached hydrogen (secondary N) is 1. The van der Waals surface area contributed by atoms with Gasteiger partial charge in [-0.2, -0.15) is 13.2 Å². The first-order valence-electron chi connectivity index (χ1n) is 5.89. The van der Waals surface area contributed by atoms with Crippen molar-refractivity contribution in [1.82, 2.24) is 10.1 Å². The first kappa shape index (κ1) is 16.7. The zero-order chi connectivity index (χ0) is 17.0. The average Bonchev–Trinajstić information content (AvgIpc) is 2.85.